The smallest absolute Gasteiger partial charge is 0.268 e. The van der Waals surface area contributed by atoms with Crippen LogP contribution >= 0.6 is 0 Å². The number of anilines is 3. The summed E-state index contributed by atoms with van der Waals surface area (Å²) in [6.07, 6.45) is 6.43. The second-order valence-corrected chi connectivity index (χ2v) is 9.02. The van der Waals surface area contributed by atoms with Crippen LogP contribution in [-0.4, -0.2) is 29.9 Å². The lowest BCUT2D eigenvalue weighted by atomic mass is 10.1. The summed E-state index contributed by atoms with van der Waals surface area (Å²) in [6.45, 7) is 3.85. The summed E-state index contributed by atoms with van der Waals surface area (Å²) >= 11 is 0. The van der Waals surface area contributed by atoms with Crippen molar-refractivity contribution >= 4 is 27.3 Å². The number of pyridine rings is 1. The van der Waals surface area contributed by atoms with Gasteiger partial charge in [0.2, 0.25) is 5.95 Å². The number of sulfonamides is 1. The molecule has 5 rings (SSSR count). The zero-order valence-corrected chi connectivity index (χ0v) is 17.8. The van der Waals surface area contributed by atoms with Crippen LogP contribution in [0.15, 0.2) is 96.8 Å². The minimum atomic E-state index is -3.78. The molecule has 32 heavy (non-hydrogen) atoms. The van der Waals surface area contributed by atoms with E-state index < -0.39 is 10.0 Å². The van der Waals surface area contributed by atoms with Crippen LogP contribution in [0, 0.1) is 0 Å². The highest BCUT2D eigenvalue weighted by molar-refractivity contribution is 7.93. The molecule has 0 spiro atoms. The van der Waals surface area contributed by atoms with Crippen LogP contribution in [-0.2, 0) is 10.0 Å². The predicted octanol–water partition coefficient (Wildman–Crippen LogP) is 4.64. The highest BCUT2D eigenvalue weighted by Gasteiger charge is 2.35. The molecule has 158 valence electrons. The van der Waals surface area contributed by atoms with Gasteiger partial charge in [0.05, 0.1) is 24.1 Å². The molecule has 0 saturated heterocycles. The number of nitrogens with zero attached hydrogens (tertiary/aromatic N) is 4. The average Bonchev–Trinajstić information content (AvgIpc) is 2.83. The van der Waals surface area contributed by atoms with Crippen LogP contribution in [0.3, 0.4) is 0 Å². The molecule has 0 fully saturated rings. The Morgan fingerprint density at radius 2 is 1.69 bits per heavy atom. The first-order valence-electron chi connectivity index (χ1n) is 9.95. The second-order valence-electron chi connectivity index (χ2n) is 7.19. The Balaban J connectivity index is 1.50. The van der Waals surface area contributed by atoms with Gasteiger partial charge in [-0.25, -0.2) is 18.4 Å². The predicted molar refractivity (Wildman–Crippen MR) is 125 cm³/mol. The molecule has 4 aromatic rings. The van der Waals surface area contributed by atoms with E-state index in [1.54, 1.807) is 30.6 Å². The van der Waals surface area contributed by atoms with Gasteiger partial charge >= 0.3 is 0 Å². The standard InChI is InChI=1S/C24H19N5O2S/c1-2-15-29-21-6-4-3-5-20(21)23-22(32(29,30)31)16-26-24(28-23)27-19-9-7-17(8-10-19)18-11-13-25-14-12-18/h2-14,16H,1,15H2,(H,26,27,28). The first kappa shape index (κ1) is 19.9. The van der Waals surface area contributed by atoms with Crippen molar-refractivity contribution in [1.82, 2.24) is 15.0 Å². The molecular formula is C24H19N5O2S. The molecule has 7 nitrogen and oxygen atoms in total. The van der Waals surface area contributed by atoms with Crippen molar-refractivity contribution in [2.45, 2.75) is 4.90 Å². The van der Waals surface area contributed by atoms with Gasteiger partial charge < -0.3 is 5.32 Å². The van der Waals surface area contributed by atoms with E-state index in [9.17, 15) is 8.42 Å². The highest BCUT2D eigenvalue weighted by atomic mass is 32.2. The third-order valence-corrected chi connectivity index (χ3v) is 6.98. The average molecular weight is 442 g/mol. The maximum Gasteiger partial charge on any atom is 0.268 e. The van der Waals surface area contributed by atoms with E-state index in [0.717, 1.165) is 22.4 Å². The zero-order chi connectivity index (χ0) is 22.1. The molecule has 1 aliphatic heterocycles. The van der Waals surface area contributed by atoms with Gasteiger partial charge in [-0.05, 0) is 41.5 Å². The van der Waals surface area contributed by atoms with Crippen LogP contribution < -0.4 is 9.62 Å². The van der Waals surface area contributed by atoms with Gasteiger partial charge in [0, 0.05) is 23.6 Å². The van der Waals surface area contributed by atoms with Crippen molar-refractivity contribution in [3.8, 4) is 22.4 Å². The number of hydrogen-bond acceptors (Lipinski definition) is 6. The largest absolute Gasteiger partial charge is 0.324 e. The van der Waals surface area contributed by atoms with Crippen LogP contribution in [0.1, 0.15) is 0 Å². The topological polar surface area (TPSA) is 88.1 Å². The van der Waals surface area contributed by atoms with Gasteiger partial charge in [0.1, 0.15) is 4.90 Å². The van der Waals surface area contributed by atoms with Gasteiger partial charge in [-0.15, -0.1) is 6.58 Å². The van der Waals surface area contributed by atoms with E-state index in [2.05, 4.69) is 26.8 Å². The van der Waals surface area contributed by atoms with Gasteiger partial charge in [-0.2, -0.15) is 0 Å². The van der Waals surface area contributed by atoms with E-state index in [1.165, 1.54) is 10.5 Å². The third-order valence-electron chi connectivity index (χ3n) is 5.20. The molecule has 1 N–H and O–H groups in total. The Hall–Kier alpha value is -4.04. The fourth-order valence-corrected chi connectivity index (χ4v) is 5.23. The van der Waals surface area contributed by atoms with E-state index in [-0.39, 0.29) is 11.4 Å². The molecule has 0 saturated carbocycles. The molecule has 0 aliphatic carbocycles. The van der Waals surface area contributed by atoms with Crippen molar-refractivity contribution in [1.29, 1.82) is 0 Å². The van der Waals surface area contributed by atoms with Gasteiger partial charge in [0.25, 0.3) is 10.0 Å². The summed E-state index contributed by atoms with van der Waals surface area (Å²) in [5, 5.41) is 3.17. The highest BCUT2D eigenvalue weighted by Crippen LogP contribution is 2.41. The Morgan fingerprint density at radius 3 is 2.44 bits per heavy atom. The van der Waals surface area contributed by atoms with Crippen molar-refractivity contribution in [3.63, 3.8) is 0 Å². The Morgan fingerprint density at radius 1 is 0.969 bits per heavy atom. The maximum atomic E-state index is 13.2. The van der Waals surface area contributed by atoms with Crippen LogP contribution in [0.2, 0.25) is 0 Å². The van der Waals surface area contributed by atoms with Crippen molar-refractivity contribution in [2.24, 2.45) is 0 Å². The molecule has 0 amide bonds. The number of para-hydroxylation sites is 1. The van der Waals surface area contributed by atoms with E-state index >= 15 is 0 Å². The Labute approximate surface area is 186 Å². The fourth-order valence-electron chi connectivity index (χ4n) is 3.69. The van der Waals surface area contributed by atoms with Gasteiger partial charge in [0.15, 0.2) is 0 Å². The molecule has 8 heteroatoms. The zero-order valence-electron chi connectivity index (χ0n) is 17.0. The minimum Gasteiger partial charge on any atom is -0.324 e. The summed E-state index contributed by atoms with van der Waals surface area (Å²) in [4.78, 5) is 12.9. The Kier molecular flexibility index (Phi) is 4.91. The quantitative estimate of drug-likeness (QED) is 0.454. The third kappa shape index (κ3) is 3.40. The molecule has 1 aliphatic rings. The summed E-state index contributed by atoms with van der Waals surface area (Å²) in [5.74, 6) is 0.322. The molecule has 0 atom stereocenters. The van der Waals surface area contributed by atoms with Crippen molar-refractivity contribution in [3.05, 3.63) is 91.9 Å². The molecule has 0 bridgehead atoms. The Bertz CT molecular complexity index is 1400. The number of benzene rings is 2. The van der Waals surface area contributed by atoms with Gasteiger partial charge in [-0.3, -0.25) is 9.29 Å². The fraction of sp³-hybridized carbons (Fsp3) is 0.0417. The first-order chi connectivity index (χ1) is 15.6. The van der Waals surface area contributed by atoms with Crippen molar-refractivity contribution < 1.29 is 8.42 Å². The number of fused-ring (bicyclic) bond motifs is 3. The normalized spacial score (nSPS) is 13.7. The summed E-state index contributed by atoms with van der Waals surface area (Å²) in [7, 11) is -3.78. The maximum absolute atomic E-state index is 13.2. The minimum absolute atomic E-state index is 0.0802. The summed E-state index contributed by atoms with van der Waals surface area (Å²) < 4.78 is 27.7. The summed E-state index contributed by atoms with van der Waals surface area (Å²) in [6, 6.07) is 19.0. The molecule has 0 unspecified atom stereocenters. The van der Waals surface area contributed by atoms with E-state index in [1.807, 2.05) is 48.5 Å². The molecule has 2 aromatic carbocycles. The number of rotatable bonds is 5. The molecule has 2 aromatic heterocycles. The van der Waals surface area contributed by atoms with Crippen LogP contribution in [0.4, 0.5) is 17.3 Å². The monoisotopic (exact) mass is 441 g/mol. The van der Waals surface area contributed by atoms with E-state index in [4.69, 9.17) is 0 Å². The lowest BCUT2D eigenvalue weighted by Crippen LogP contribution is -2.35. The second kappa shape index (κ2) is 7.90. The van der Waals surface area contributed by atoms with Crippen LogP contribution in [0.25, 0.3) is 22.4 Å². The molecule has 0 radical (unpaired) electrons. The first-order valence-corrected chi connectivity index (χ1v) is 11.4. The molecule has 3 heterocycles. The lowest BCUT2D eigenvalue weighted by Gasteiger charge is -2.30. The summed E-state index contributed by atoms with van der Waals surface area (Å²) in [5.41, 5.74) is 4.62. The number of hydrogen-bond donors (Lipinski definition) is 1. The molecular weight excluding hydrogens is 422 g/mol. The SMILES string of the molecule is C=CCN1c2ccccc2-c2nc(Nc3ccc(-c4ccncc4)cc3)ncc2S1(=O)=O. The lowest BCUT2D eigenvalue weighted by molar-refractivity contribution is 0.591. The van der Waals surface area contributed by atoms with E-state index in [0.29, 0.717) is 17.3 Å². The van der Waals surface area contributed by atoms with Crippen LogP contribution in [0.5, 0.6) is 0 Å². The number of nitrogens with one attached hydrogen (secondary N) is 1. The number of aromatic nitrogens is 3. The van der Waals surface area contributed by atoms with Gasteiger partial charge in [-0.1, -0.05) is 36.4 Å². The van der Waals surface area contributed by atoms with Crippen molar-refractivity contribution in [2.75, 3.05) is 16.2 Å².